The second-order valence-electron chi connectivity index (χ2n) is 7.98. The normalized spacial score (nSPS) is 15.7. The predicted molar refractivity (Wildman–Crippen MR) is 123 cm³/mol. The van der Waals surface area contributed by atoms with E-state index in [1.54, 1.807) is 31.1 Å². The van der Waals surface area contributed by atoms with Crippen LogP contribution in [0.4, 0.5) is 11.6 Å². The summed E-state index contributed by atoms with van der Waals surface area (Å²) < 4.78 is 14.1. The zero-order valence-electron chi connectivity index (χ0n) is 19.0. The van der Waals surface area contributed by atoms with E-state index in [2.05, 4.69) is 30.7 Å². The largest absolute Gasteiger partial charge is 0.491 e. The van der Waals surface area contributed by atoms with Crippen molar-refractivity contribution in [2.24, 2.45) is 0 Å². The Kier molecular flexibility index (Phi) is 6.04. The number of hydrogen-bond donors (Lipinski definition) is 1. The van der Waals surface area contributed by atoms with Crippen LogP contribution in [0.2, 0.25) is 0 Å². The molecule has 1 aromatic carbocycles. The van der Waals surface area contributed by atoms with E-state index in [1.165, 1.54) is 0 Å². The van der Waals surface area contributed by atoms with Gasteiger partial charge in [-0.25, -0.2) is 4.98 Å². The molecule has 0 saturated carbocycles. The number of nitrogens with zero attached hydrogens (tertiary/aromatic N) is 8. The molecule has 1 amide bonds. The summed E-state index contributed by atoms with van der Waals surface area (Å²) in [5.74, 6) is 1.24. The molecule has 34 heavy (non-hydrogen) atoms. The minimum Gasteiger partial charge on any atom is -0.491 e. The molecule has 4 heterocycles. The van der Waals surface area contributed by atoms with E-state index in [1.807, 2.05) is 40.0 Å². The van der Waals surface area contributed by atoms with Crippen molar-refractivity contribution in [3.05, 3.63) is 42.9 Å². The summed E-state index contributed by atoms with van der Waals surface area (Å²) in [6, 6.07) is 7.67. The first-order valence-electron chi connectivity index (χ1n) is 11.0. The molecule has 1 fully saturated rings. The Bertz CT molecular complexity index is 1280. The first-order valence-corrected chi connectivity index (χ1v) is 11.0. The van der Waals surface area contributed by atoms with E-state index in [0.29, 0.717) is 36.9 Å². The molecule has 1 unspecified atom stereocenters. The van der Waals surface area contributed by atoms with Crippen LogP contribution in [-0.4, -0.2) is 79.0 Å². The maximum atomic E-state index is 11.6. The summed E-state index contributed by atoms with van der Waals surface area (Å²) in [7, 11) is 1.64. The number of benzene rings is 1. The molecule has 12 heteroatoms. The van der Waals surface area contributed by atoms with Gasteiger partial charge < -0.3 is 19.7 Å². The first-order chi connectivity index (χ1) is 16.6. The number of rotatable bonds is 8. The number of amides is 1. The Hall–Kier alpha value is -4.06. The molecule has 176 valence electrons. The fraction of sp³-hybridized carbons (Fsp3) is 0.364. The lowest BCUT2D eigenvalue weighted by Gasteiger charge is -2.13. The molecule has 12 nitrogen and oxygen atoms in total. The van der Waals surface area contributed by atoms with Crippen LogP contribution >= 0.6 is 0 Å². The van der Waals surface area contributed by atoms with Gasteiger partial charge in [0.05, 0.1) is 36.4 Å². The predicted octanol–water partition coefficient (Wildman–Crippen LogP) is 1.97. The van der Waals surface area contributed by atoms with Crippen LogP contribution in [0.25, 0.3) is 16.9 Å². The summed E-state index contributed by atoms with van der Waals surface area (Å²) in [4.78, 5) is 22.4. The number of likely N-dealkylation sites (tertiary alicyclic amines) is 1. The molecule has 1 N–H and O–H groups in total. The number of anilines is 2. The topological polar surface area (TPSA) is 125 Å². The van der Waals surface area contributed by atoms with E-state index in [-0.39, 0.29) is 11.9 Å². The molecule has 0 bridgehead atoms. The lowest BCUT2D eigenvalue weighted by atomic mass is 10.3. The second-order valence-corrected chi connectivity index (χ2v) is 7.98. The fourth-order valence-corrected chi connectivity index (χ4v) is 3.86. The summed E-state index contributed by atoms with van der Waals surface area (Å²) in [5.41, 5.74) is 2.72. The quantitative estimate of drug-likeness (QED) is 0.390. The number of ether oxygens (including phenoxy) is 2. The van der Waals surface area contributed by atoms with Gasteiger partial charge in [-0.2, -0.15) is 14.8 Å². The number of methoxy groups -OCH3 is 1. The molecule has 3 aromatic heterocycles. The number of carbonyl (C=O) groups excluding carboxylic acids is 1. The highest BCUT2D eigenvalue weighted by Gasteiger charge is 2.26. The summed E-state index contributed by atoms with van der Waals surface area (Å²) in [6.07, 6.45) is 6.13. The molecule has 5 rings (SSSR count). The third-order valence-corrected chi connectivity index (χ3v) is 5.67. The van der Waals surface area contributed by atoms with Gasteiger partial charge in [0.2, 0.25) is 11.9 Å². The molecular formula is C22H25N9O3. The number of nitrogens with one attached hydrogen (secondary N) is 1. The van der Waals surface area contributed by atoms with Crippen LogP contribution < -0.4 is 10.1 Å². The van der Waals surface area contributed by atoms with Gasteiger partial charge in [-0.05, 0) is 30.7 Å². The summed E-state index contributed by atoms with van der Waals surface area (Å²) in [6.45, 7) is 4.02. The SMILES string of the molecule is COCCOc1ccc(-n2nnc3cnc(Nc4cnn(C5CCN(C(C)=O)C5)c4)nc32)cc1. The molecular weight excluding hydrogens is 438 g/mol. The Morgan fingerprint density at radius 2 is 2.06 bits per heavy atom. The van der Waals surface area contributed by atoms with Crippen LogP contribution in [-0.2, 0) is 9.53 Å². The van der Waals surface area contributed by atoms with Crippen molar-refractivity contribution in [3.8, 4) is 11.4 Å². The van der Waals surface area contributed by atoms with Gasteiger partial charge >= 0.3 is 0 Å². The van der Waals surface area contributed by atoms with E-state index < -0.39 is 0 Å². The molecule has 1 saturated heterocycles. The summed E-state index contributed by atoms with van der Waals surface area (Å²) in [5, 5.41) is 16.0. The Labute approximate surface area is 195 Å². The van der Waals surface area contributed by atoms with E-state index in [4.69, 9.17) is 9.47 Å². The fourth-order valence-electron chi connectivity index (χ4n) is 3.86. The minimum atomic E-state index is 0.0909. The highest BCUT2D eigenvalue weighted by Crippen LogP contribution is 2.24. The van der Waals surface area contributed by atoms with Crippen LogP contribution in [0.5, 0.6) is 5.75 Å². The average Bonchev–Trinajstić information content (AvgIpc) is 3.59. The molecule has 1 atom stereocenters. The van der Waals surface area contributed by atoms with Crippen molar-refractivity contribution in [2.45, 2.75) is 19.4 Å². The van der Waals surface area contributed by atoms with Gasteiger partial charge in [-0.15, -0.1) is 5.10 Å². The maximum absolute atomic E-state index is 11.6. The van der Waals surface area contributed by atoms with Crippen molar-refractivity contribution in [2.75, 3.05) is 38.7 Å². The van der Waals surface area contributed by atoms with Gasteiger partial charge in [-0.3, -0.25) is 9.48 Å². The number of carbonyl (C=O) groups is 1. The van der Waals surface area contributed by atoms with Crippen LogP contribution in [0.15, 0.2) is 42.9 Å². The summed E-state index contributed by atoms with van der Waals surface area (Å²) >= 11 is 0. The first kappa shape index (κ1) is 21.8. The van der Waals surface area contributed by atoms with Crippen LogP contribution in [0.3, 0.4) is 0 Å². The molecule has 1 aliphatic heterocycles. The zero-order chi connectivity index (χ0) is 23.5. The average molecular weight is 464 g/mol. The van der Waals surface area contributed by atoms with E-state index >= 15 is 0 Å². The van der Waals surface area contributed by atoms with Gasteiger partial charge in [0, 0.05) is 33.3 Å². The zero-order valence-corrected chi connectivity index (χ0v) is 19.0. The molecule has 4 aromatic rings. The lowest BCUT2D eigenvalue weighted by molar-refractivity contribution is -0.127. The second kappa shape index (κ2) is 9.43. The van der Waals surface area contributed by atoms with Crippen molar-refractivity contribution >= 4 is 28.7 Å². The molecule has 0 aliphatic carbocycles. The van der Waals surface area contributed by atoms with Crippen LogP contribution in [0, 0.1) is 0 Å². The molecule has 1 aliphatic rings. The Balaban J connectivity index is 1.31. The molecule has 0 radical (unpaired) electrons. The molecule has 0 spiro atoms. The van der Waals surface area contributed by atoms with Crippen molar-refractivity contribution in [1.29, 1.82) is 0 Å². The van der Waals surface area contributed by atoms with Gasteiger partial charge in [0.15, 0.2) is 11.2 Å². The smallest absolute Gasteiger partial charge is 0.229 e. The number of hydrogen-bond acceptors (Lipinski definition) is 9. The minimum absolute atomic E-state index is 0.0909. The van der Waals surface area contributed by atoms with Gasteiger partial charge in [0.1, 0.15) is 12.4 Å². The number of aromatic nitrogens is 7. The lowest BCUT2D eigenvalue weighted by Crippen LogP contribution is -2.26. The third kappa shape index (κ3) is 4.53. The van der Waals surface area contributed by atoms with Crippen molar-refractivity contribution in [1.82, 2.24) is 39.6 Å². The maximum Gasteiger partial charge on any atom is 0.229 e. The van der Waals surface area contributed by atoms with E-state index in [9.17, 15) is 4.79 Å². The van der Waals surface area contributed by atoms with Crippen molar-refractivity contribution in [3.63, 3.8) is 0 Å². The highest BCUT2D eigenvalue weighted by atomic mass is 16.5. The third-order valence-electron chi connectivity index (χ3n) is 5.67. The monoisotopic (exact) mass is 463 g/mol. The van der Waals surface area contributed by atoms with Crippen LogP contribution in [0.1, 0.15) is 19.4 Å². The highest BCUT2D eigenvalue weighted by molar-refractivity contribution is 5.74. The Morgan fingerprint density at radius 1 is 1.21 bits per heavy atom. The standard InChI is InChI=1S/C22H25N9O3/c1-15(32)29-8-7-18(14-29)30-13-16(11-24-30)25-22-23-12-20-21(26-22)31(28-27-20)17-3-5-19(6-4-17)34-10-9-33-2/h3-6,11-13,18H,7-10,14H2,1-2H3,(H,23,25,26). The van der Waals surface area contributed by atoms with E-state index in [0.717, 1.165) is 30.1 Å². The Morgan fingerprint density at radius 3 is 2.82 bits per heavy atom. The van der Waals surface area contributed by atoms with Crippen molar-refractivity contribution < 1.29 is 14.3 Å². The van der Waals surface area contributed by atoms with Gasteiger partial charge in [0.25, 0.3) is 0 Å². The number of fused-ring (bicyclic) bond motifs is 1. The van der Waals surface area contributed by atoms with Gasteiger partial charge in [-0.1, -0.05) is 5.21 Å².